The molecule has 4 heteroatoms. The summed E-state index contributed by atoms with van der Waals surface area (Å²) in [7, 11) is 2.12. The summed E-state index contributed by atoms with van der Waals surface area (Å²) in [6, 6.07) is 8.56. The number of aromatic nitrogens is 1. The Morgan fingerprint density at radius 3 is 2.39 bits per heavy atom. The van der Waals surface area contributed by atoms with Gasteiger partial charge in [0.1, 0.15) is 0 Å². The fraction of sp³-hybridized carbons (Fsp3) is 0.526. The first kappa shape index (κ1) is 18.0. The van der Waals surface area contributed by atoms with Crippen molar-refractivity contribution in [2.24, 2.45) is 0 Å². The molecule has 0 saturated carbocycles. The van der Waals surface area contributed by atoms with Crippen LogP contribution in [0.25, 0.3) is 11.3 Å². The zero-order valence-corrected chi connectivity index (χ0v) is 15.7. The quantitative estimate of drug-likeness (QED) is 0.837. The lowest BCUT2D eigenvalue weighted by molar-refractivity contribution is 0.324. The molecule has 0 amide bonds. The second kappa shape index (κ2) is 7.45. The van der Waals surface area contributed by atoms with Crippen LogP contribution in [0.3, 0.4) is 0 Å². The van der Waals surface area contributed by atoms with E-state index >= 15 is 0 Å². The van der Waals surface area contributed by atoms with Crippen molar-refractivity contribution in [2.45, 2.75) is 52.5 Å². The number of aromatic amines is 1. The first-order valence-corrected chi connectivity index (χ1v) is 9.14. The molecule has 2 rings (SSSR count). The molecule has 1 aromatic carbocycles. The van der Waals surface area contributed by atoms with Crippen LogP contribution in [-0.2, 0) is 12.0 Å². The Morgan fingerprint density at radius 2 is 1.83 bits per heavy atom. The minimum Gasteiger partial charge on any atom is -0.312 e. The molecule has 0 aliphatic rings. The smallest absolute Gasteiger partial charge is 0.305 e. The highest BCUT2D eigenvalue weighted by Gasteiger charge is 2.15. The first-order chi connectivity index (χ1) is 10.8. The summed E-state index contributed by atoms with van der Waals surface area (Å²) in [6.45, 7) is 10.7. The maximum atomic E-state index is 11.9. The van der Waals surface area contributed by atoms with Crippen molar-refractivity contribution in [3.63, 3.8) is 0 Å². The summed E-state index contributed by atoms with van der Waals surface area (Å²) < 4.78 is 0. The lowest BCUT2D eigenvalue weighted by atomic mass is 9.86. The lowest BCUT2D eigenvalue weighted by Crippen LogP contribution is -2.18. The maximum absolute atomic E-state index is 11.9. The number of nitrogens with zero attached hydrogens (tertiary/aromatic N) is 1. The van der Waals surface area contributed by atoms with E-state index in [1.807, 2.05) is 0 Å². The number of unbranched alkanes of at least 4 members (excludes halogenated alkanes) is 1. The summed E-state index contributed by atoms with van der Waals surface area (Å²) in [5.74, 6) is 0. The zero-order valence-electron chi connectivity index (χ0n) is 14.9. The molecule has 0 bridgehead atoms. The van der Waals surface area contributed by atoms with Gasteiger partial charge in [0, 0.05) is 11.4 Å². The molecule has 0 spiro atoms. The van der Waals surface area contributed by atoms with Crippen LogP contribution < -0.4 is 4.87 Å². The summed E-state index contributed by atoms with van der Waals surface area (Å²) in [5, 5.41) is 0. The minimum atomic E-state index is 0.0267. The average Bonchev–Trinajstić information content (AvgIpc) is 2.85. The van der Waals surface area contributed by atoms with Gasteiger partial charge < -0.3 is 9.88 Å². The summed E-state index contributed by atoms with van der Waals surface area (Å²) in [4.78, 5) is 18.3. The number of nitrogens with one attached hydrogen (secondary N) is 1. The molecule has 0 aliphatic carbocycles. The molecule has 23 heavy (non-hydrogen) atoms. The van der Waals surface area contributed by atoms with Gasteiger partial charge in [0.25, 0.3) is 0 Å². The molecule has 0 fully saturated rings. The molecule has 0 radical (unpaired) electrons. The van der Waals surface area contributed by atoms with E-state index in [1.165, 1.54) is 29.7 Å². The van der Waals surface area contributed by atoms with Gasteiger partial charge in [-0.25, -0.2) is 0 Å². The number of benzene rings is 1. The number of H-pyrrole nitrogens is 1. The summed E-state index contributed by atoms with van der Waals surface area (Å²) >= 11 is 1.33. The van der Waals surface area contributed by atoms with Crippen molar-refractivity contribution in [2.75, 3.05) is 13.6 Å². The van der Waals surface area contributed by atoms with Crippen molar-refractivity contribution < 1.29 is 0 Å². The van der Waals surface area contributed by atoms with E-state index in [-0.39, 0.29) is 10.3 Å². The summed E-state index contributed by atoms with van der Waals surface area (Å²) in [5.41, 5.74) is 3.52. The fourth-order valence-electron chi connectivity index (χ4n) is 2.59. The van der Waals surface area contributed by atoms with E-state index in [0.717, 1.165) is 29.2 Å². The van der Waals surface area contributed by atoms with E-state index in [4.69, 9.17) is 0 Å². The highest BCUT2D eigenvalue weighted by molar-refractivity contribution is 7.09. The predicted molar refractivity (Wildman–Crippen MR) is 100 cm³/mol. The number of thiazole rings is 1. The third-order valence-electron chi connectivity index (χ3n) is 4.07. The van der Waals surface area contributed by atoms with Gasteiger partial charge in [0.15, 0.2) is 0 Å². The van der Waals surface area contributed by atoms with Crippen molar-refractivity contribution in [1.29, 1.82) is 0 Å². The van der Waals surface area contributed by atoms with Crippen molar-refractivity contribution in [3.05, 3.63) is 44.4 Å². The Balaban J connectivity index is 2.24. The SMILES string of the molecule is CCCCN(C)Cc1sc(=O)[nH]c1-c1ccc(C(C)(C)C)cc1. The Kier molecular flexibility index (Phi) is 5.82. The molecule has 3 nitrogen and oxygen atoms in total. The Bertz CT molecular complexity index is 677. The Hall–Kier alpha value is -1.39. The van der Waals surface area contributed by atoms with Crippen LogP contribution in [-0.4, -0.2) is 23.5 Å². The molecule has 1 aromatic heterocycles. The predicted octanol–water partition coefficient (Wildman–Crippen LogP) is 4.63. The van der Waals surface area contributed by atoms with Gasteiger partial charge >= 0.3 is 4.87 Å². The lowest BCUT2D eigenvalue weighted by Gasteiger charge is -2.19. The minimum absolute atomic E-state index is 0.0267. The molecule has 0 aliphatic heterocycles. The maximum Gasteiger partial charge on any atom is 0.305 e. The topological polar surface area (TPSA) is 36.1 Å². The van der Waals surface area contributed by atoms with Gasteiger partial charge in [-0.05, 0) is 36.6 Å². The van der Waals surface area contributed by atoms with Gasteiger partial charge in [-0.1, -0.05) is 69.7 Å². The van der Waals surface area contributed by atoms with E-state index in [0.29, 0.717) is 0 Å². The second-order valence-electron chi connectivity index (χ2n) is 7.23. The monoisotopic (exact) mass is 332 g/mol. The Labute approximate surface area is 143 Å². The van der Waals surface area contributed by atoms with Crippen LogP contribution >= 0.6 is 11.3 Å². The van der Waals surface area contributed by atoms with E-state index in [9.17, 15) is 4.79 Å². The van der Waals surface area contributed by atoms with Crippen LogP contribution in [0.4, 0.5) is 0 Å². The molecule has 2 aromatic rings. The van der Waals surface area contributed by atoms with Crippen LogP contribution in [0.1, 0.15) is 51.0 Å². The zero-order chi connectivity index (χ0) is 17.0. The van der Waals surface area contributed by atoms with Crippen molar-refractivity contribution in [1.82, 2.24) is 9.88 Å². The van der Waals surface area contributed by atoms with Crippen LogP contribution in [0, 0.1) is 0 Å². The standard InChI is InChI=1S/C19H28N2OS/c1-6-7-12-21(5)13-16-17(20-18(22)23-16)14-8-10-15(11-9-14)19(2,3)4/h8-11H,6-7,12-13H2,1-5H3,(H,20,22). The van der Waals surface area contributed by atoms with Gasteiger partial charge in [0.05, 0.1) is 5.69 Å². The van der Waals surface area contributed by atoms with E-state index in [2.05, 4.69) is 68.9 Å². The van der Waals surface area contributed by atoms with Crippen LogP contribution in [0.15, 0.2) is 29.1 Å². The highest BCUT2D eigenvalue weighted by Crippen LogP contribution is 2.28. The highest BCUT2D eigenvalue weighted by atomic mass is 32.1. The third kappa shape index (κ3) is 4.79. The van der Waals surface area contributed by atoms with E-state index in [1.54, 1.807) is 0 Å². The molecule has 0 unspecified atom stereocenters. The van der Waals surface area contributed by atoms with E-state index < -0.39 is 0 Å². The number of hydrogen-bond acceptors (Lipinski definition) is 3. The van der Waals surface area contributed by atoms with Gasteiger partial charge in [-0.2, -0.15) is 0 Å². The van der Waals surface area contributed by atoms with Crippen molar-refractivity contribution >= 4 is 11.3 Å². The van der Waals surface area contributed by atoms with Gasteiger partial charge in [-0.15, -0.1) is 0 Å². The molecule has 1 heterocycles. The molecular formula is C19H28N2OS. The second-order valence-corrected chi connectivity index (χ2v) is 8.30. The first-order valence-electron chi connectivity index (χ1n) is 8.32. The van der Waals surface area contributed by atoms with Crippen molar-refractivity contribution in [3.8, 4) is 11.3 Å². The fourth-order valence-corrected chi connectivity index (χ4v) is 3.53. The molecule has 126 valence electrons. The largest absolute Gasteiger partial charge is 0.312 e. The van der Waals surface area contributed by atoms with Crippen LogP contribution in [0.5, 0.6) is 0 Å². The van der Waals surface area contributed by atoms with Gasteiger partial charge in [-0.3, -0.25) is 4.79 Å². The van der Waals surface area contributed by atoms with Crippen LogP contribution in [0.2, 0.25) is 0 Å². The number of rotatable bonds is 6. The summed E-state index contributed by atoms with van der Waals surface area (Å²) in [6.07, 6.45) is 2.38. The van der Waals surface area contributed by atoms with Gasteiger partial charge in [0.2, 0.25) is 0 Å². The normalized spacial score (nSPS) is 12.1. The number of hydrogen-bond donors (Lipinski definition) is 1. The third-order valence-corrected chi connectivity index (χ3v) is 4.94. The molecular weight excluding hydrogens is 304 g/mol. The molecule has 0 atom stereocenters. The molecule has 1 N–H and O–H groups in total. The Morgan fingerprint density at radius 1 is 1.17 bits per heavy atom. The average molecular weight is 333 g/mol. The molecule has 0 saturated heterocycles.